The van der Waals surface area contributed by atoms with Crippen molar-refractivity contribution in [3.63, 3.8) is 0 Å². The summed E-state index contributed by atoms with van der Waals surface area (Å²) in [6.07, 6.45) is 3.53. The van der Waals surface area contributed by atoms with Crippen LogP contribution < -0.4 is 10.6 Å². The van der Waals surface area contributed by atoms with E-state index in [-0.39, 0.29) is 29.9 Å². The van der Waals surface area contributed by atoms with Gasteiger partial charge in [-0.25, -0.2) is 4.98 Å². The van der Waals surface area contributed by atoms with Gasteiger partial charge in [0.05, 0.1) is 16.5 Å². The normalized spacial score (nSPS) is 19.1. The van der Waals surface area contributed by atoms with E-state index in [9.17, 15) is 14.4 Å². The van der Waals surface area contributed by atoms with Gasteiger partial charge in [0, 0.05) is 25.3 Å². The second-order valence-electron chi connectivity index (χ2n) is 7.14. The van der Waals surface area contributed by atoms with Crippen LogP contribution >= 0.6 is 11.3 Å². The fourth-order valence-electron chi connectivity index (χ4n) is 3.38. The maximum Gasteiger partial charge on any atom is 0.229 e. The van der Waals surface area contributed by atoms with Crippen molar-refractivity contribution in [2.75, 3.05) is 5.32 Å². The van der Waals surface area contributed by atoms with Crippen LogP contribution in [0.5, 0.6) is 0 Å². The fourth-order valence-corrected chi connectivity index (χ4v) is 4.32. The van der Waals surface area contributed by atoms with Crippen LogP contribution in [-0.2, 0) is 22.6 Å². The molecule has 1 atom stereocenters. The molecule has 140 valence electrons. The molecule has 1 unspecified atom stereocenters. The second-order valence-corrected chi connectivity index (χ2v) is 8.14. The van der Waals surface area contributed by atoms with Gasteiger partial charge in [-0.3, -0.25) is 14.4 Å². The number of aromatic nitrogens is 1. The smallest absolute Gasteiger partial charge is 0.229 e. The van der Waals surface area contributed by atoms with E-state index in [1.54, 1.807) is 0 Å². The summed E-state index contributed by atoms with van der Waals surface area (Å²) in [7, 11) is 0. The van der Waals surface area contributed by atoms with E-state index in [4.69, 9.17) is 0 Å². The first kappa shape index (κ1) is 17.9. The van der Waals surface area contributed by atoms with Gasteiger partial charge in [-0.05, 0) is 18.4 Å². The quantitative estimate of drug-likeness (QED) is 0.831. The first-order valence-corrected chi connectivity index (χ1v) is 10.1. The molecule has 1 fully saturated rings. The zero-order valence-electron chi connectivity index (χ0n) is 14.9. The number of hydrogen-bond donors (Lipinski definition) is 2. The molecule has 1 aromatic carbocycles. The highest BCUT2D eigenvalue weighted by atomic mass is 32.1. The predicted octanol–water partition coefficient (Wildman–Crippen LogP) is 2.94. The largest absolute Gasteiger partial charge is 0.352 e. The van der Waals surface area contributed by atoms with Crippen LogP contribution in [0.2, 0.25) is 0 Å². The number of Topliss-reactive ketones (excluding diaryl/α,β-unsaturated/α-hetero) is 1. The van der Waals surface area contributed by atoms with E-state index >= 15 is 0 Å². The molecule has 2 amide bonds. The average molecular weight is 383 g/mol. The van der Waals surface area contributed by atoms with Crippen molar-refractivity contribution in [2.45, 2.75) is 38.6 Å². The van der Waals surface area contributed by atoms with Gasteiger partial charge >= 0.3 is 0 Å². The number of nitrogens with one attached hydrogen (secondary N) is 2. The van der Waals surface area contributed by atoms with Crippen LogP contribution in [0, 0.1) is 11.8 Å². The van der Waals surface area contributed by atoms with Crippen molar-refractivity contribution < 1.29 is 14.4 Å². The molecule has 2 aliphatic rings. The van der Waals surface area contributed by atoms with E-state index in [1.807, 2.05) is 30.3 Å². The maximum absolute atomic E-state index is 12.5. The van der Waals surface area contributed by atoms with Crippen LogP contribution in [0.25, 0.3) is 0 Å². The molecule has 0 spiro atoms. The molecule has 4 rings (SSSR count). The minimum Gasteiger partial charge on any atom is -0.352 e. The van der Waals surface area contributed by atoms with Gasteiger partial charge in [0.25, 0.3) is 0 Å². The molecular formula is C20H21N3O3S. The number of carbonyl (C=O) groups excluding carboxylic acids is 3. The van der Waals surface area contributed by atoms with E-state index in [0.29, 0.717) is 28.7 Å². The number of benzene rings is 1. The maximum atomic E-state index is 12.5. The Kier molecular flexibility index (Phi) is 5.03. The van der Waals surface area contributed by atoms with Gasteiger partial charge in [0.1, 0.15) is 0 Å². The van der Waals surface area contributed by atoms with Crippen LogP contribution in [0.1, 0.15) is 46.6 Å². The topological polar surface area (TPSA) is 88.2 Å². The lowest BCUT2D eigenvalue weighted by atomic mass is 9.85. The minimum absolute atomic E-state index is 0.0167. The highest BCUT2D eigenvalue weighted by Crippen LogP contribution is 2.34. The lowest BCUT2D eigenvalue weighted by molar-refractivity contribution is -0.125. The highest BCUT2D eigenvalue weighted by molar-refractivity contribution is 7.17. The number of thiazole rings is 1. The second kappa shape index (κ2) is 7.60. The number of anilines is 1. The van der Waals surface area contributed by atoms with Crippen LogP contribution in [-0.4, -0.2) is 22.6 Å². The molecule has 1 aromatic heterocycles. The van der Waals surface area contributed by atoms with Gasteiger partial charge in [-0.15, -0.1) is 0 Å². The molecule has 2 aromatic rings. The number of amides is 2. The number of ketones is 1. The molecule has 1 saturated carbocycles. The Morgan fingerprint density at radius 3 is 2.56 bits per heavy atom. The number of fused-ring (bicyclic) bond motifs is 1. The Hall–Kier alpha value is -2.54. The van der Waals surface area contributed by atoms with Gasteiger partial charge in [-0.1, -0.05) is 48.1 Å². The van der Waals surface area contributed by atoms with Gasteiger partial charge in [-0.2, -0.15) is 0 Å². The molecule has 7 heteroatoms. The molecule has 1 heterocycles. The summed E-state index contributed by atoms with van der Waals surface area (Å²) in [5, 5.41) is 6.20. The Balaban J connectivity index is 1.39. The summed E-state index contributed by atoms with van der Waals surface area (Å²) in [6.45, 7) is 0.441. The van der Waals surface area contributed by atoms with Crippen LogP contribution in [0.4, 0.5) is 5.13 Å². The molecule has 27 heavy (non-hydrogen) atoms. The Bertz CT molecular complexity index is 874. The van der Waals surface area contributed by atoms with Crippen molar-refractivity contribution in [1.29, 1.82) is 0 Å². The van der Waals surface area contributed by atoms with Crippen molar-refractivity contribution >= 4 is 34.1 Å². The molecule has 0 bridgehead atoms. The van der Waals surface area contributed by atoms with Gasteiger partial charge < -0.3 is 10.6 Å². The van der Waals surface area contributed by atoms with Crippen LogP contribution in [0.3, 0.4) is 0 Å². The first-order chi connectivity index (χ1) is 13.1. The van der Waals surface area contributed by atoms with Crippen molar-refractivity contribution in [2.24, 2.45) is 11.8 Å². The summed E-state index contributed by atoms with van der Waals surface area (Å²) in [6, 6.07) is 9.67. The SMILES string of the molecule is O=C1CC(C(=O)NCc2ccccc2)Cc2nc(NC(=O)C3CCC3)sc21. The molecule has 2 aliphatic carbocycles. The van der Waals surface area contributed by atoms with Crippen molar-refractivity contribution in [3.05, 3.63) is 46.5 Å². The summed E-state index contributed by atoms with van der Waals surface area (Å²) in [5.74, 6) is -0.565. The summed E-state index contributed by atoms with van der Waals surface area (Å²) in [5.41, 5.74) is 1.64. The summed E-state index contributed by atoms with van der Waals surface area (Å²) < 4.78 is 0. The predicted molar refractivity (Wildman–Crippen MR) is 103 cm³/mol. The Morgan fingerprint density at radius 1 is 1.07 bits per heavy atom. The third-order valence-electron chi connectivity index (χ3n) is 5.21. The van der Waals surface area contributed by atoms with E-state index in [2.05, 4.69) is 15.6 Å². The van der Waals surface area contributed by atoms with E-state index in [1.165, 1.54) is 11.3 Å². The molecule has 0 saturated heterocycles. The molecule has 2 N–H and O–H groups in total. The summed E-state index contributed by atoms with van der Waals surface area (Å²) >= 11 is 1.22. The minimum atomic E-state index is -0.411. The molecule has 0 radical (unpaired) electrons. The van der Waals surface area contributed by atoms with Crippen LogP contribution in [0.15, 0.2) is 30.3 Å². The van der Waals surface area contributed by atoms with Gasteiger partial charge in [0.15, 0.2) is 10.9 Å². The van der Waals surface area contributed by atoms with Crippen molar-refractivity contribution in [1.82, 2.24) is 10.3 Å². The van der Waals surface area contributed by atoms with Crippen molar-refractivity contribution in [3.8, 4) is 0 Å². The number of nitrogens with zero attached hydrogens (tertiary/aromatic N) is 1. The zero-order valence-corrected chi connectivity index (χ0v) is 15.7. The monoisotopic (exact) mass is 383 g/mol. The summed E-state index contributed by atoms with van der Waals surface area (Å²) in [4.78, 5) is 42.0. The van der Waals surface area contributed by atoms with E-state index < -0.39 is 5.92 Å². The van der Waals surface area contributed by atoms with E-state index in [0.717, 1.165) is 24.8 Å². The number of rotatable bonds is 5. The lowest BCUT2D eigenvalue weighted by Crippen LogP contribution is -2.35. The lowest BCUT2D eigenvalue weighted by Gasteiger charge is -2.23. The molecule has 0 aliphatic heterocycles. The Labute approximate surface area is 161 Å². The first-order valence-electron chi connectivity index (χ1n) is 9.25. The number of hydrogen-bond acceptors (Lipinski definition) is 5. The highest BCUT2D eigenvalue weighted by Gasteiger charge is 2.33. The third-order valence-corrected chi connectivity index (χ3v) is 6.26. The Morgan fingerprint density at radius 2 is 1.85 bits per heavy atom. The molecular weight excluding hydrogens is 362 g/mol. The van der Waals surface area contributed by atoms with Gasteiger partial charge in [0.2, 0.25) is 11.8 Å². The fraction of sp³-hybridized carbons (Fsp3) is 0.400. The molecule has 6 nitrogen and oxygen atoms in total. The standard InChI is InChI=1S/C20H21N3O3S/c24-16-10-14(18(25)21-11-12-5-2-1-3-6-12)9-15-17(16)27-20(22-15)23-19(26)13-7-4-8-13/h1-3,5-6,13-14H,4,7-11H2,(H,21,25)(H,22,23,26). The zero-order chi connectivity index (χ0) is 18.8. The third kappa shape index (κ3) is 3.93. The number of carbonyl (C=O) groups is 3. The average Bonchev–Trinajstić information content (AvgIpc) is 3.02.